The first-order chi connectivity index (χ1) is 13.5. The normalized spacial score (nSPS) is 10.3. The maximum atomic E-state index is 12.7. The monoisotopic (exact) mass is 409 g/mol. The molecule has 28 heavy (non-hydrogen) atoms. The van der Waals surface area contributed by atoms with Gasteiger partial charge in [0.2, 0.25) is 10.9 Å². The van der Waals surface area contributed by atoms with Crippen LogP contribution < -0.4 is 19.5 Å². The quantitative estimate of drug-likeness (QED) is 0.647. The van der Waals surface area contributed by atoms with Crippen LogP contribution in [0.25, 0.3) is 0 Å². The lowest BCUT2D eigenvalue weighted by Gasteiger charge is -2.14. The van der Waals surface area contributed by atoms with Crippen molar-refractivity contribution in [1.29, 1.82) is 0 Å². The van der Waals surface area contributed by atoms with E-state index < -0.39 is 12.6 Å². The number of hydrogen-bond acceptors (Lipinski definition) is 7. The van der Waals surface area contributed by atoms with Gasteiger partial charge < -0.3 is 24.6 Å². The second-order valence-corrected chi connectivity index (χ2v) is 6.51. The largest absolute Gasteiger partial charge is 0.493 e. The molecular weight excluding hydrogens is 389 g/mol. The van der Waals surface area contributed by atoms with Gasteiger partial charge in [-0.25, -0.2) is 4.39 Å². The topological polar surface area (TPSA) is 94.1 Å². The molecule has 0 atom stereocenters. The molecule has 0 aliphatic heterocycles. The van der Waals surface area contributed by atoms with Crippen LogP contribution in [0.2, 0.25) is 0 Å². The zero-order chi connectivity index (χ0) is 20.7. The zero-order valence-corrected chi connectivity index (χ0v) is 16.4. The molecule has 0 heterocycles. The highest BCUT2D eigenvalue weighted by Gasteiger charge is 2.17. The predicted octanol–water partition coefficient (Wildman–Crippen LogP) is 3.05. The molecule has 0 aliphatic rings. The second kappa shape index (κ2) is 9.95. The van der Waals surface area contributed by atoms with E-state index in [1.54, 1.807) is 12.1 Å². The van der Waals surface area contributed by atoms with Crippen molar-refractivity contribution < 1.29 is 33.3 Å². The van der Waals surface area contributed by atoms with Crippen molar-refractivity contribution in [1.82, 2.24) is 0 Å². The first kappa shape index (κ1) is 21.5. The number of amides is 1. The number of halogens is 1. The van der Waals surface area contributed by atoms with Crippen LogP contribution in [0.5, 0.6) is 17.2 Å². The molecule has 7 nitrogen and oxygen atoms in total. The minimum Gasteiger partial charge on any atom is -0.493 e. The van der Waals surface area contributed by atoms with Crippen LogP contribution in [-0.2, 0) is 11.4 Å². The third-order valence-corrected chi connectivity index (χ3v) is 4.65. The Balaban J connectivity index is 2.32. The van der Waals surface area contributed by atoms with Crippen LogP contribution in [0.15, 0.2) is 35.2 Å². The predicted molar refractivity (Wildman–Crippen MR) is 103 cm³/mol. The summed E-state index contributed by atoms with van der Waals surface area (Å²) in [7, 11) is 4.43. The van der Waals surface area contributed by atoms with E-state index in [2.05, 4.69) is 5.32 Å². The van der Waals surface area contributed by atoms with Crippen LogP contribution in [0.4, 0.5) is 10.1 Å². The van der Waals surface area contributed by atoms with Crippen molar-refractivity contribution in [2.24, 2.45) is 0 Å². The third-order valence-electron chi connectivity index (χ3n) is 3.76. The molecule has 0 unspecified atom stereocenters. The average molecular weight is 409 g/mol. The molecule has 2 aromatic rings. The molecule has 0 saturated heterocycles. The van der Waals surface area contributed by atoms with E-state index in [0.29, 0.717) is 27.7 Å². The maximum Gasteiger partial charge on any atom is 0.255 e. The lowest BCUT2D eigenvalue weighted by Crippen LogP contribution is -2.15. The van der Waals surface area contributed by atoms with Gasteiger partial charge in [0.25, 0.3) is 5.91 Å². The lowest BCUT2D eigenvalue weighted by molar-refractivity contribution is -0.117. The summed E-state index contributed by atoms with van der Waals surface area (Å²) < 4.78 is 28.3. The lowest BCUT2D eigenvalue weighted by atomic mass is 10.1. The fourth-order valence-corrected chi connectivity index (χ4v) is 3.21. The Morgan fingerprint density at radius 3 is 2.21 bits per heavy atom. The van der Waals surface area contributed by atoms with E-state index in [-0.39, 0.29) is 23.0 Å². The Bertz CT molecular complexity index is 848. The van der Waals surface area contributed by atoms with Gasteiger partial charge in [-0.1, -0.05) is 6.07 Å². The smallest absolute Gasteiger partial charge is 0.255 e. The molecule has 0 spiro atoms. The van der Waals surface area contributed by atoms with Gasteiger partial charge in [-0.15, -0.1) is 0 Å². The summed E-state index contributed by atoms with van der Waals surface area (Å²) in [6, 6.07) is 7.68. The standard InChI is InChI=1S/C19H20FNO6S/c1-25-15-7-13(8-16(26-2)18(15)27-3)28-19(24)11-4-5-12(10-22)14(6-11)21-17(23)9-20/h4-8,22H,9-10H2,1-3H3,(H,21,23). The summed E-state index contributed by atoms with van der Waals surface area (Å²) in [5.74, 6) is 0.356. The number of methoxy groups -OCH3 is 3. The number of benzene rings is 2. The minimum absolute atomic E-state index is 0.182. The number of anilines is 1. The van der Waals surface area contributed by atoms with Crippen molar-refractivity contribution in [3.8, 4) is 17.2 Å². The number of ether oxygens (including phenoxy) is 3. The van der Waals surface area contributed by atoms with E-state index in [0.717, 1.165) is 11.8 Å². The highest BCUT2D eigenvalue weighted by molar-refractivity contribution is 8.14. The molecule has 0 bridgehead atoms. The Kier molecular flexibility index (Phi) is 7.65. The number of thioether (sulfide) groups is 1. The Hall–Kier alpha value is -2.78. The molecule has 9 heteroatoms. The van der Waals surface area contributed by atoms with Crippen LogP contribution in [0.1, 0.15) is 15.9 Å². The summed E-state index contributed by atoms with van der Waals surface area (Å²) in [6.45, 7) is -1.57. The van der Waals surface area contributed by atoms with Crippen LogP contribution in [0.3, 0.4) is 0 Å². The summed E-state index contributed by atoms with van der Waals surface area (Å²) >= 11 is 0.918. The SMILES string of the molecule is COc1cc(SC(=O)c2ccc(CO)c(NC(=O)CF)c2)cc(OC)c1OC. The molecule has 0 radical (unpaired) electrons. The molecule has 0 fully saturated rings. The molecule has 0 aromatic heterocycles. The summed E-state index contributed by atoms with van der Waals surface area (Å²) in [5.41, 5.74) is 0.822. The van der Waals surface area contributed by atoms with Crippen molar-refractivity contribution in [2.45, 2.75) is 11.5 Å². The Labute approximate surface area is 165 Å². The van der Waals surface area contributed by atoms with Crippen molar-refractivity contribution in [3.63, 3.8) is 0 Å². The first-order valence-corrected chi connectivity index (χ1v) is 8.90. The number of aliphatic hydroxyl groups excluding tert-OH is 1. The average Bonchev–Trinajstić information content (AvgIpc) is 2.72. The third kappa shape index (κ3) is 4.93. The summed E-state index contributed by atoms with van der Waals surface area (Å²) in [5, 5.41) is 11.4. The molecule has 1 amide bonds. The molecule has 2 rings (SSSR count). The fraction of sp³-hybridized carbons (Fsp3) is 0.263. The van der Waals surface area contributed by atoms with Crippen LogP contribution >= 0.6 is 11.8 Å². The van der Waals surface area contributed by atoms with E-state index in [1.165, 1.54) is 39.5 Å². The number of carbonyl (C=O) groups excluding carboxylic acids is 2. The van der Waals surface area contributed by atoms with E-state index in [9.17, 15) is 19.1 Å². The molecular formula is C19H20FNO6S. The zero-order valence-electron chi connectivity index (χ0n) is 15.6. The Morgan fingerprint density at radius 1 is 1.07 bits per heavy atom. The Morgan fingerprint density at radius 2 is 1.71 bits per heavy atom. The maximum absolute atomic E-state index is 12.7. The molecule has 2 aromatic carbocycles. The van der Waals surface area contributed by atoms with Gasteiger partial charge in [-0.05, 0) is 36.0 Å². The highest BCUT2D eigenvalue weighted by atomic mass is 32.2. The number of carbonyl (C=O) groups is 2. The minimum atomic E-state index is -1.21. The molecule has 2 N–H and O–H groups in total. The van der Waals surface area contributed by atoms with Gasteiger partial charge in [0.05, 0.1) is 27.9 Å². The van der Waals surface area contributed by atoms with E-state index in [1.807, 2.05) is 0 Å². The van der Waals surface area contributed by atoms with Gasteiger partial charge in [0.15, 0.2) is 18.2 Å². The molecule has 150 valence electrons. The summed E-state index contributed by atoms with van der Waals surface area (Å²) in [6.07, 6.45) is 0. The van der Waals surface area contributed by atoms with E-state index >= 15 is 0 Å². The van der Waals surface area contributed by atoms with Crippen molar-refractivity contribution in [2.75, 3.05) is 33.3 Å². The highest BCUT2D eigenvalue weighted by Crippen LogP contribution is 2.41. The van der Waals surface area contributed by atoms with Gasteiger partial charge in [0, 0.05) is 21.7 Å². The van der Waals surface area contributed by atoms with Crippen LogP contribution in [0, 0.1) is 0 Å². The molecule has 0 saturated carbocycles. The fourth-order valence-electron chi connectivity index (χ4n) is 2.42. The number of aliphatic hydroxyl groups is 1. The van der Waals surface area contributed by atoms with Crippen LogP contribution in [-0.4, -0.2) is 44.1 Å². The second-order valence-electron chi connectivity index (χ2n) is 5.46. The first-order valence-electron chi connectivity index (χ1n) is 8.09. The van der Waals surface area contributed by atoms with Gasteiger partial charge in [-0.3, -0.25) is 9.59 Å². The van der Waals surface area contributed by atoms with Crippen molar-refractivity contribution in [3.05, 3.63) is 41.5 Å². The van der Waals surface area contributed by atoms with Crippen molar-refractivity contribution >= 4 is 28.5 Å². The van der Waals surface area contributed by atoms with Gasteiger partial charge in [-0.2, -0.15) is 0 Å². The summed E-state index contributed by atoms with van der Waals surface area (Å²) in [4.78, 5) is 24.6. The number of hydrogen-bond donors (Lipinski definition) is 2. The van der Waals surface area contributed by atoms with Gasteiger partial charge in [0.1, 0.15) is 0 Å². The number of nitrogens with one attached hydrogen (secondary N) is 1. The van der Waals surface area contributed by atoms with Gasteiger partial charge >= 0.3 is 0 Å². The number of rotatable bonds is 8. The number of alkyl halides is 1. The van der Waals surface area contributed by atoms with E-state index in [4.69, 9.17) is 14.2 Å². The molecule has 0 aliphatic carbocycles.